The minimum Gasteiger partial charge on any atom is -0.477 e. The number of nitrogens with zero attached hydrogens (tertiary/aromatic N) is 5. The Morgan fingerprint density at radius 1 is 1.47 bits per heavy atom. The van der Waals surface area contributed by atoms with Crippen molar-refractivity contribution in [3.05, 3.63) is 28.3 Å². The number of hydrogen-bond acceptors (Lipinski definition) is 10. The first-order valence-corrected chi connectivity index (χ1v) is 11.6. The van der Waals surface area contributed by atoms with Crippen LogP contribution < -0.4 is 11.1 Å². The number of aryl methyl sites for hydroxylation is 1. The average molecular weight is 468 g/mol. The van der Waals surface area contributed by atoms with E-state index in [0.717, 1.165) is 0 Å². The summed E-state index contributed by atoms with van der Waals surface area (Å²) in [5.74, 6) is -1.16. The molecule has 0 spiro atoms. The van der Waals surface area contributed by atoms with Gasteiger partial charge in [-0.25, -0.2) is 9.48 Å². The smallest absolute Gasteiger partial charge is 0.352 e. The van der Waals surface area contributed by atoms with Crippen LogP contribution in [0.1, 0.15) is 5.56 Å². The fraction of sp³-hybridized carbons (Fsp3) is 0.375. The van der Waals surface area contributed by atoms with Gasteiger partial charge in [0.15, 0.2) is 0 Å². The Morgan fingerprint density at radius 3 is 2.90 bits per heavy atom. The molecule has 0 aromatic carbocycles. The minimum atomic E-state index is -1.17. The van der Waals surface area contributed by atoms with Gasteiger partial charge in [0.1, 0.15) is 17.1 Å². The zero-order chi connectivity index (χ0) is 21.4. The Bertz CT molecular complexity index is 1050. The number of carboxylic acid groups (broad SMARTS) is 1. The van der Waals surface area contributed by atoms with Gasteiger partial charge in [0.25, 0.3) is 5.91 Å². The zero-order valence-electron chi connectivity index (χ0n) is 15.6. The number of aliphatic carboxylic acids is 1. The van der Waals surface area contributed by atoms with Gasteiger partial charge in [-0.1, -0.05) is 11.8 Å². The van der Waals surface area contributed by atoms with E-state index >= 15 is 0 Å². The highest BCUT2D eigenvalue weighted by molar-refractivity contribution is 8.01. The van der Waals surface area contributed by atoms with Crippen molar-refractivity contribution in [1.82, 2.24) is 30.4 Å². The summed E-state index contributed by atoms with van der Waals surface area (Å²) < 4.78 is 1.49. The summed E-state index contributed by atoms with van der Waals surface area (Å²) in [6.07, 6.45) is 0.0752. The van der Waals surface area contributed by atoms with Crippen molar-refractivity contribution >= 4 is 57.6 Å². The molecule has 0 saturated carbocycles. The first-order valence-electron chi connectivity index (χ1n) is 8.73. The van der Waals surface area contributed by atoms with Crippen molar-refractivity contribution < 1.29 is 19.5 Å². The van der Waals surface area contributed by atoms with Crippen LogP contribution in [-0.4, -0.2) is 70.9 Å². The number of thiophene rings is 1. The highest BCUT2D eigenvalue weighted by Crippen LogP contribution is 2.41. The molecule has 4 heterocycles. The van der Waals surface area contributed by atoms with Crippen molar-refractivity contribution in [1.29, 1.82) is 0 Å². The Labute approximate surface area is 183 Å². The first kappa shape index (κ1) is 20.7. The molecule has 158 valence electrons. The molecule has 1 saturated heterocycles. The molecule has 2 aromatic heterocycles. The maximum absolute atomic E-state index is 12.7. The number of nitrogens with one attached hydrogen (secondary N) is 1. The normalized spacial score (nSPS) is 20.7. The van der Waals surface area contributed by atoms with E-state index in [-0.39, 0.29) is 18.0 Å². The van der Waals surface area contributed by atoms with Gasteiger partial charge in [-0.2, -0.15) is 0 Å². The molecule has 2 aromatic rings. The summed E-state index contributed by atoms with van der Waals surface area (Å²) in [4.78, 5) is 38.2. The van der Waals surface area contributed by atoms with Gasteiger partial charge >= 0.3 is 5.97 Å². The van der Waals surface area contributed by atoms with E-state index < -0.39 is 23.3 Å². The molecule has 2 aliphatic rings. The summed E-state index contributed by atoms with van der Waals surface area (Å²) in [5.41, 5.74) is 7.10. The van der Waals surface area contributed by atoms with E-state index in [9.17, 15) is 19.5 Å². The quantitative estimate of drug-likeness (QED) is 0.372. The Kier molecular flexibility index (Phi) is 5.71. The number of carbonyl (C=O) groups excluding carboxylic acids is 2. The molecule has 0 aliphatic carbocycles. The highest BCUT2D eigenvalue weighted by Gasteiger charge is 2.54. The average Bonchev–Trinajstić information content (AvgIpc) is 3.31. The van der Waals surface area contributed by atoms with Crippen LogP contribution in [0.4, 0.5) is 5.00 Å². The van der Waals surface area contributed by atoms with Crippen molar-refractivity contribution in [2.45, 2.75) is 23.0 Å². The number of thioether (sulfide) groups is 2. The summed E-state index contributed by atoms with van der Waals surface area (Å²) in [7, 11) is 1.69. The van der Waals surface area contributed by atoms with E-state index in [0.29, 0.717) is 32.8 Å². The molecule has 30 heavy (non-hydrogen) atoms. The lowest BCUT2D eigenvalue weighted by Crippen LogP contribution is -2.70. The zero-order valence-corrected chi connectivity index (χ0v) is 18.1. The number of carboxylic acids is 1. The lowest BCUT2D eigenvalue weighted by Gasteiger charge is -2.49. The largest absolute Gasteiger partial charge is 0.477 e. The third kappa shape index (κ3) is 3.77. The van der Waals surface area contributed by atoms with Crippen LogP contribution in [0, 0.1) is 0 Å². The number of tetrazole rings is 1. The fourth-order valence-electron chi connectivity index (χ4n) is 3.18. The Morgan fingerprint density at radius 2 is 2.27 bits per heavy atom. The number of anilines is 1. The molecule has 2 atom stereocenters. The maximum atomic E-state index is 12.7. The molecule has 0 bridgehead atoms. The van der Waals surface area contributed by atoms with Gasteiger partial charge in [-0.15, -0.1) is 28.2 Å². The molecular weight excluding hydrogens is 450 g/mol. The molecule has 1 fully saturated rings. The topological polar surface area (TPSA) is 156 Å². The minimum absolute atomic E-state index is 0.0287. The second-order valence-corrected chi connectivity index (χ2v) is 9.57. The molecule has 11 nitrogen and oxygen atoms in total. The number of β-lactam (4-membered cyclic amide) rings is 1. The molecule has 2 aliphatic heterocycles. The number of fused-ring (bicyclic) bond motifs is 1. The van der Waals surface area contributed by atoms with Gasteiger partial charge in [0.05, 0.1) is 11.4 Å². The number of rotatable bonds is 7. The van der Waals surface area contributed by atoms with Crippen molar-refractivity contribution in [3.63, 3.8) is 0 Å². The van der Waals surface area contributed by atoms with Crippen LogP contribution in [0.3, 0.4) is 0 Å². The summed E-state index contributed by atoms with van der Waals surface area (Å²) >= 11 is 4.07. The lowest BCUT2D eigenvalue weighted by molar-refractivity contribution is -0.150. The van der Waals surface area contributed by atoms with E-state index in [1.54, 1.807) is 18.5 Å². The molecule has 4 N–H and O–H groups in total. The maximum Gasteiger partial charge on any atom is 0.352 e. The number of amides is 2. The Hall–Kier alpha value is -2.58. The van der Waals surface area contributed by atoms with E-state index in [1.807, 2.05) is 0 Å². The van der Waals surface area contributed by atoms with E-state index in [1.165, 1.54) is 44.4 Å². The van der Waals surface area contributed by atoms with Crippen LogP contribution in [0.2, 0.25) is 0 Å². The molecule has 4 rings (SSSR count). The fourth-order valence-corrected chi connectivity index (χ4v) is 6.19. The summed E-state index contributed by atoms with van der Waals surface area (Å²) in [5, 5.41) is 26.0. The number of hydrogen-bond donors (Lipinski definition) is 3. The van der Waals surface area contributed by atoms with Crippen molar-refractivity contribution in [2.75, 3.05) is 17.2 Å². The molecule has 0 radical (unpaired) electrons. The standard InChI is InChI=1S/C16H17N7O4S3/c1-22-16(19-20-21-22)30-6-8-5-29-14-10(13(25)23(14)11(8)15(26)27)18-9(24)4-7-2-3-28-12(7)17/h2-3,10,14H,4-6,17H2,1H3,(H,18,24)(H,26,27)/t10-,14?/m1/s1. The lowest BCUT2D eigenvalue weighted by atomic mass is 10.0. The predicted octanol–water partition coefficient (Wildman–Crippen LogP) is -0.0728. The van der Waals surface area contributed by atoms with Crippen LogP contribution in [-0.2, 0) is 27.9 Å². The predicted molar refractivity (Wildman–Crippen MR) is 112 cm³/mol. The monoisotopic (exact) mass is 467 g/mol. The second-order valence-electron chi connectivity index (χ2n) is 6.57. The number of nitrogens with two attached hydrogens (primary N) is 1. The SMILES string of the molecule is Cn1nnnc1SCC1=C(C(=O)O)N2C(=O)[C@@H](NC(=O)Cc3ccsc3N)C2SC1. The van der Waals surface area contributed by atoms with Gasteiger partial charge < -0.3 is 16.2 Å². The van der Waals surface area contributed by atoms with Crippen LogP contribution in [0.15, 0.2) is 27.9 Å². The molecule has 14 heteroatoms. The Balaban J connectivity index is 1.44. The van der Waals surface area contributed by atoms with Gasteiger partial charge in [0.2, 0.25) is 11.1 Å². The number of aromatic nitrogens is 4. The van der Waals surface area contributed by atoms with E-state index in [4.69, 9.17) is 5.73 Å². The van der Waals surface area contributed by atoms with Gasteiger partial charge in [-0.3, -0.25) is 14.5 Å². The number of carbonyl (C=O) groups is 3. The van der Waals surface area contributed by atoms with Gasteiger partial charge in [0, 0.05) is 18.6 Å². The van der Waals surface area contributed by atoms with Crippen molar-refractivity contribution in [2.24, 2.45) is 7.05 Å². The third-order valence-electron chi connectivity index (χ3n) is 4.65. The van der Waals surface area contributed by atoms with Crippen LogP contribution >= 0.6 is 34.9 Å². The first-order chi connectivity index (χ1) is 14.4. The van der Waals surface area contributed by atoms with Crippen molar-refractivity contribution in [3.8, 4) is 0 Å². The molecule has 1 unspecified atom stereocenters. The van der Waals surface area contributed by atoms with Crippen LogP contribution in [0.5, 0.6) is 0 Å². The van der Waals surface area contributed by atoms with E-state index in [2.05, 4.69) is 20.8 Å². The molecular formula is C16H17N7O4S3. The summed E-state index contributed by atoms with van der Waals surface area (Å²) in [6, 6.07) is 1.01. The second kappa shape index (κ2) is 8.28. The highest BCUT2D eigenvalue weighted by atomic mass is 32.2. The van der Waals surface area contributed by atoms with Crippen LogP contribution in [0.25, 0.3) is 0 Å². The van der Waals surface area contributed by atoms with Gasteiger partial charge in [-0.05, 0) is 33.0 Å². The third-order valence-corrected chi connectivity index (χ3v) is 7.88. The molecule has 2 amide bonds. The summed E-state index contributed by atoms with van der Waals surface area (Å²) in [6.45, 7) is 0. The number of nitrogen functional groups attached to an aromatic ring is 1.